The van der Waals surface area contributed by atoms with Crippen molar-refractivity contribution in [1.29, 1.82) is 0 Å². The summed E-state index contributed by atoms with van der Waals surface area (Å²) in [5, 5.41) is 23.3. The third kappa shape index (κ3) is 5.08. The van der Waals surface area contributed by atoms with E-state index in [-0.39, 0.29) is 17.2 Å². The van der Waals surface area contributed by atoms with E-state index in [9.17, 15) is 19.8 Å². The first kappa shape index (κ1) is 20.5. The molecule has 2 aliphatic rings. The molecule has 0 saturated carbocycles. The largest absolute Gasteiger partial charge is 0.388 e. The third-order valence-electron chi connectivity index (χ3n) is 4.42. The maximum Gasteiger partial charge on any atom is 0.252 e. The molecule has 1 saturated heterocycles. The van der Waals surface area contributed by atoms with Crippen molar-refractivity contribution in [2.75, 3.05) is 19.5 Å². The molecule has 1 unspecified atom stereocenters. The number of nitrogens with one attached hydrogen (secondary N) is 1. The standard InChI is InChI=1S/C17H26NO5PS/c1-9(19)7-10-8-11(17(25)18-16(10)22)15-14(21)13(20)12(23-15)5-6-24(2,3)4/h8,11-15,20-21H,2,5-7H2,1,3-4H3,(H,18,22,25)/t11-,12+,13+,14+,15?/m0/s1. The van der Waals surface area contributed by atoms with Crippen LogP contribution in [0.15, 0.2) is 11.6 Å². The van der Waals surface area contributed by atoms with E-state index in [1.54, 1.807) is 6.08 Å². The molecule has 1 fully saturated rings. The highest BCUT2D eigenvalue weighted by molar-refractivity contribution is 7.80. The molecule has 2 heterocycles. The second-order valence-electron chi connectivity index (χ2n) is 7.48. The lowest BCUT2D eigenvalue weighted by molar-refractivity contribution is -0.120. The summed E-state index contributed by atoms with van der Waals surface area (Å²) < 4.78 is 5.90. The lowest BCUT2D eigenvalue weighted by atomic mass is 9.90. The van der Waals surface area contributed by atoms with E-state index in [2.05, 4.69) is 24.9 Å². The number of ether oxygens (including phenoxy) is 1. The number of Topliss-reactive ketones (excluding diaryl/α,β-unsaturated/α-hetero) is 1. The number of carbonyl (C=O) groups excluding carboxylic acids is 2. The van der Waals surface area contributed by atoms with Crippen LogP contribution in [0, 0.1) is 5.92 Å². The molecule has 1 amide bonds. The Morgan fingerprint density at radius 3 is 2.60 bits per heavy atom. The van der Waals surface area contributed by atoms with Gasteiger partial charge in [-0.1, -0.05) is 18.3 Å². The molecule has 8 heteroatoms. The van der Waals surface area contributed by atoms with E-state index in [0.717, 1.165) is 6.16 Å². The molecule has 5 atom stereocenters. The number of ketones is 1. The molecule has 0 bridgehead atoms. The smallest absolute Gasteiger partial charge is 0.252 e. The number of aliphatic hydroxyl groups is 2. The van der Waals surface area contributed by atoms with Crippen molar-refractivity contribution in [3.63, 3.8) is 0 Å². The molecule has 0 aromatic rings. The number of aliphatic hydroxyl groups excluding tert-OH is 2. The molecule has 0 spiro atoms. The van der Waals surface area contributed by atoms with E-state index in [1.165, 1.54) is 6.92 Å². The minimum atomic E-state index is -1.27. The van der Waals surface area contributed by atoms with Gasteiger partial charge in [0.05, 0.1) is 23.1 Å². The summed E-state index contributed by atoms with van der Waals surface area (Å²) in [7, 11) is 0. The van der Waals surface area contributed by atoms with E-state index in [4.69, 9.17) is 17.0 Å². The van der Waals surface area contributed by atoms with Crippen LogP contribution < -0.4 is 5.32 Å². The third-order valence-corrected chi connectivity index (χ3v) is 6.27. The number of carbonyl (C=O) groups is 2. The summed E-state index contributed by atoms with van der Waals surface area (Å²) >= 11 is 5.22. The number of amides is 1. The molecule has 25 heavy (non-hydrogen) atoms. The quantitative estimate of drug-likeness (QED) is 0.455. The van der Waals surface area contributed by atoms with Crippen molar-refractivity contribution in [1.82, 2.24) is 5.32 Å². The van der Waals surface area contributed by atoms with E-state index in [1.807, 2.05) is 0 Å². The van der Waals surface area contributed by atoms with Crippen LogP contribution in [-0.2, 0) is 14.3 Å². The highest BCUT2D eigenvalue weighted by Crippen LogP contribution is 2.39. The normalized spacial score (nSPS) is 33.2. The summed E-state index contributed by atoms with van der Waals surface area (Å²) in [6.07, 6.45) is 3.81. The first-order chi connectivity index (χ1) is 11.5. The molecule has 140 valence electrons. The Morgan fingerprint density at radius 1 is 1.40 bits per heavy atom. The molecular formula is C17H26NO5PS. The van der Waals surface area contributed by atoms with Gasteiger partial charge in [0.15, 0.2) is 0 Å². The zero-order valence-corrected chi connectivity index (χ0v) is 16.5. The Morgan fingerprint density at radius 2 is 2.04 bits per heavy atom. The number of rotatable bonds is 6. The minimum absolute atomic E-state index is 0.0000817. The minimum Gasteiger partial charge on any atom is -0.388 e. The first-order valence-corrected chi connectivity index (χ1v) is 11.7. The molecule has 0 radical (unpaired) electrons. The Bertz CT molecular complexity index is 655. The van der Waals surface area contributed by atoms with Crippen LogP contribution in [0.2, 0.25) is 0 Å². The van der Waals surface area contributed by atoms with Crippen LogP contribution in [0.5, 0.6) is 0 Å². The van der Waals surface area contributed by atoms with Crippen molar-refractivity contribution < 1.29 is 24.5 Å². The maximum absolute atomic E-state index is 11.9. The van der Waals surface area contributed by atoms with Gasteiger partial charge in [-0.25, -0.2) is 0 Å². The van der Waals surface area contributed by atoms with Crippen molar-refractivity contribution in [2.24, 2.45) is 5.92 Å². The molecule has 2 rings (SSSR count). The molecule has 6 nitrogen and oxygen atoms in total. The second-order valence-corrected chi connectivity index (χ2v) is 12.2. The number of thiocarbonyl (C=S) groups is 1. The maximum atomic E-state index is 11.9. The summed E-state index contributed by atoms with van der Waals surface area (Å²) in [5.41, 5.74) is 0.310. The molecular weight excluding hydrogens is 361 g/mol. The Hall–Kier alpha value is -0.850. The molecule has 0 aliphatic carbocycles. The summed E-state index contributed by atoms with van der Waals surface area (Å²) in [6.45, 7) is 4.34. The van der Waals surface area contributed by atoms with Gasteiger partial charge in [-0.15, -0.1) is 13.2 Å². The van der Waals surface area contributed by atoms with Crippen LogP contribution in [0.25, 0.3) is 0 Å². The fourth-order valence-corrected chi connectivity index (χ4v) is 4.33. The predicted molar refractivity (Wildman–Crippen MR) is 104 cm³/mol. The van der Waals surface area contributed by atoms with Crippen LogP contribution in [0.1, 0.15) is 19.8 Å². The molecule has 0 aromatic carbocycles. The fraction of sp³-hybridized carbons (Fsp3) is 0.647. The summed E-state index contributed by atoms with van der Waals surface area (Å²) in [4.78, 5) is 23.5. The number of hydrogen-bond acceptors (Lipinski definition) is 6. The first-order valence-electron chi connectivity index (χ1n) is 8.24. The monoisotopic (exact) mass is 387 g/mol. The van der Waals surface area contributed by atoms with Gasteiger partial charge in [0.1, 0.15) is 18.0 Å². The van der Waals surface area contributed by atoms with Crippen LogP contribution in [0.4, 0.5) is 0 Å². The predicted octanol–water partition coefficient (Wildman–Crippen LogP) is 0.554. The second kappa shape index (κ2) is 7.80. The van der Waals surface area contributed by atoms with Crippen LogP contribution >= 0.6 is 19.1 Å². The fourth-order valence-electron chi connectivity index (χ4n) is 3.08. The van der Waals surface area contributed by atoms with Gasteiger partial charge >= 0.3 is 0 Å². The zero-order chi connectivity index (χ0) is 18.9. The lowest BCUT2D eigenvalue weighted by Crippen LogP contribution is -2.47. The van der Waals surface area contributed by atoms with Gasteiger partial charge in [-0.05, 0) is 32.8 Å². The zero-order valence-electron chi connectivity index (χ0n) is 14.8. The van der Waals surface area contributed by atoms with Crippen molar-refractivity contribution in [3.05, 3.63) is 11.6 Å². The highest BCUT2D eigenvalue weighted by atomic mass is 32.1. The van der Waals surface area contributed by atoms with Gasteiger partial charge in [-0.3, -0.25) is 9.59 Å². The van der Waals surface area contributed by atoms with Crippen molar-refractivity contribution >= 4 is 42.1 Å². The molecule has 0 aromatic heterocycles. The molecule has 2 aliphatic heterocycles. The Labute approximate surface area is 153 Å². The van der Waals surface area contributed by atoms with E-state index >= 15 is 0 Å². The van der Waals surface area contributed by atoms with Crippen molar-refractivity contribution in [2.45, 2.75) is 44.2 Å². The van der Waals surface area contributed by atoms with Gasteiger partial charge in [-0.2, -0.15) is 0 Å². The van der Waals surface area contributed by atoms with Gasteiger partial charge in [0.2, 0.25) is 0 Å². The Kier molecular flexibility index (Phi) is 6.39. The van der Waals surface area contributed by atoms with Crippen molar-refractivity contribution in [3.8, 4) is 0 Å². The van der Waals surface area contributed by atoms with Gasteiger partial charge < -0.3 is 20.3 Å². The summed E-state index contributed by atoms with van der Waals surface area (Å²) in [6, 6.07) is 0. The SMILES string of the molecule is C=P(C)(C)CC[C@H]1OC([C@@H]2C=C(CC(C)=O)C(=O)NC2=S)[C@H](O)[C@@H]1O. The molecule has 3 N–H and O–H groups in total. The van der Waals surface area contributed by atoms with Crippen LogP contribution in [-0.4, -0.2) is 77.1 Å². The average molecular weight is 387 g/mol. The lowest BCUT2D eigenvalue weighted by Gasteiger charge is -2.28. The van der Waals surface area contributed by atoms with Gasteiger partial charge in [0.25, 0.3) is 5.91 Å². The topological polar surface area (TPSA) is 95.9 Å². The highest BCUT2D eigenvalue weighted by Gasteiger charge is 2.47. The van der Waals surface area contributed by atoms with Gasteiger partial charge in [0, 0.05) is 12.0 Å². The van der Waals surface area contributed by atoms with E-state index < -0.39 is 43.1 Å². The summed E-state index contributed by atoms with van der Waals surface area (Å²) in [5.74, 6) is -1.09. The number of hydrogen-bond donors (Lipinski definition) is 3. The van der Waals surface area contributed by atoms with E-state index in [0.29, 0.717) is 12.0 Å². The Balaban J connectivity index is 2.17. The van der Waals surface area contributed by atoms with Crippen LogP contribution in [0.3, 0.4) is 0 Å². The average Bonchev–Trinajstić information content (AvgIpc) is 2.75.